The molecule has 0 bridgehead atoms. The summed E-state index contributed by atoms with van der Waals surface area (Å²) < 4.78 is 40.0. The van der Waals surface area contributed by atoms with Gasteiger partial charge in [-0.15, -0.1) is 0 Å². The standard InChI is InChI=1S/C17H12ClF3N4/c1-9-10(18)3-2-4-12(9)23-14-7-8-22-17(25-14)24-13-6-5-11(19)15(20)16(13)21/h2-8H,1H3,(H2,22,23,24,25). The monoisotopic (exact) mass is 364 g/mol. The first-order chi connectivity index (χ1) is 12.0. The number of rotatable bonds is 4. The number of halogens is 4. The molecule has 2 aromatic carbocycles. The molecule has 3 aromatic rings. The largest absolute Gasteiger partial charge is 0.340 e. The van der Waals surface area contributed by atoms with Gasteiger partial charge in [0.2, 0.25) is 5.95 Å². The van der Waals surface area contributed by atoms with Crippen LogP contribution in [0.25, 0.3) is 0 Å². The van der Waals surface area contributed by atoms with Crippen LogP contribution in [0.4, 0.5) is 36.3 Å². The van der Waals surface area contributed by atoms with E-state index < -0.39 is 17.5 Å². The van der Waals surface area contributed by atoms with Crippen molar-refractivity contribution in [2.45, 2.75) is 6.92 Å². The number of aromatic nitrogens is 2. The molecule has 8 heteroatoms. The Kier molecular flexibility index (Phi) is 4.76. The van der Waals surface area contributed by atoms with Crippen LogP contribution in [0.1, 0.15) is 5.56 Å². The Labute approximate surface area is 146 Å². The van der Waals surface area contributed by atoms with Crippen LogP contribution in [0.15, 0.2) is 42.6 Å². The summed E-state index contributed by atoms with van der Waals surface area (Å²) >= 11 is 6.07. The maximum absolute atomic E-state index is 13.7. The minimum Gasteiger partial charge on any atom is -0.340 e. The van der Waals surface area contributed by atoms with E-state index in [2.05, 4.69) is 20.6 Å². The molecule has 25 heavy (non-hydrogen) atoms. The number of nitrogens with zero attached hydrogens (tertiary/aromatic N) is 2. The van der Waals surface area contributed by atoms with Crippen molar-refractivity contribution in [3.05, 3.63) is 70.6 Å². The lowest BCUT2D eigenvalue weighted by molar-refractivity contribution is 0.449. The molecule has 0 unspecified atom stereocenters. The number of anilines is 4. The summed E-state index contributed by atoms with van der Waals surface area (Å²) in [5.74, 6) is -3.72. The maximum Gasteiger partial charge on any atom is 0.229 e. The van der Waals surface area contributed by atoms with Crippen molar-refractivity contribution in [1.82, 2.24) is 9.97 Å². The average Bonchev–Trinajstić information content (AvgIpc) is 2.60. The molecular formula is C17H12ClF3N4. The fourth-order valence-electron chi connectivity index (χ4n) is 2.11. The van der Waals surface area contributed by atoms with Gasteiger partial charge in [-0.2, -0.15) is 4.98 Å². The molecule has 0 aliphatic carbocycles. The van der Waals surface area contributed by atoms with Crippen molar-refractivity contribution < 1.29 is 13.2 Å². The molecular weight excluding hydrogens is 353 g/mol. The van der Waals surface area contributed by atoms with Gasteiger partial charge in [-0.25, -0.2) is 18.2 Å². The average molecular weight is 365 g/mol. The van der Waals surface area contributed by atoms with E-state index in [1.165, 1.54) is 6.20 Å². The smallest absolute Gasteiger partial charge is 0.229 e. The van der Waals surface area contributed by atoms with Gasteiger partial charge in [0.15, 0.2) is 17.5 Å². The Hall–Kier alpha value is -2.80. The maximum atomic E-state index is 13.7. The van der Waals surface area contributed by atoms with E-state index in [0.717, 1.165) is 23.4 Å². The van der Waals surface area contributed by atoms with Gasteiger partial charge in [0.05, 0.1) is 5.69 Å². The van der Waals surface area contributed by atoms with Gasteiger partial charge in [0.25, 0.3) is 0 Å². The van der Waals surface area contributed by atoms with Gasteiger partial charge in [-0.1, -0.05) is 17.7 Å². The lowest BCUT2D eigenvalue weighted by Crippen LogP contribution is -2.04. The minimum absolute atomic E-state index is 0.0228. The van der Waals surface area contributed by atoms with Gasteiger partial charge in [-0.3, -0.25) is 0 Å². The number of nitrogens with one attached hydrogen (secondary N) is 2. The summed E-state index contributed by atoms with van der Waals surface area (Å²) in [5.41, 5.74) is 1.31. The second-order valence-corrected chi connectivity index (χ2v) is 5.56. The molecule has 0 fully saturated rings. The molecule has 1 heterocycles. The molecule has 0 spiro atoms. The molecule has 3 rings (SSSR count). The fraction of sp³-hybridized carbons (Fsp3) is 0.0588. The number of hydrogen-bond acceptors (Lipinski definition) is 4. The van der Waals surface area contributed by atoms with Crippen LogP contribution >= 0.6 is 11.6 Å². The summed E-state index contributed by atoms with van der Waals surface area (Å²) in [7, 11) is 0. The first-order valence-corrected chi connectivity index (χ1v) is 7.59. The highest BCUT2D eigenvalue weighted by atomic mass is 35.5. The van der Waals surface area contributed by atoms with E-state index in [1.807, 2.05) is 13.0 Å². The second-order valence-electron chi connectivity index (χ2n) is 5.15. The van der Waals surface area contributed by atoms with Crippen molar-refractivity contribution in [1.29, 1.82) is 0 Å². The van der Waals surface area contributed by atoms with E-state index >= 15 is 0 Å². The molecule has 0 saturated heterocycles. The Morgan fingerprint density at radius 3 is 2.52 bits per heavy atom. The topological polar surface area (TPSA) is 49.8 Å². The highest BCUT2D eigenvalue weighted by molar-refractivity contribution is 6.31. The molecule has 0 saturated carbocycles. The van der Waals surface area contributed by atoms with Crippen LogP contribution < -0.4 is 10.6 Å². The van der Waals surface area contributed by atoms with Crippen LogP contribution in [-0.2, 0) is 0 Å². The molecule has 0 radical (unpaired) electrons. The van der Waals surface area contributed by atoms with E-state index in [0.29, 0.717) is 10.8 Å². The lowest BCUT2D eigenvalue weighted by Gasteiger charge is -2.11. The van der Waals surface area contributed by atoms with Gasteiger partial charge in [-0.05, 0) is 42.8 Å². The van der Waals surface area contributed by atoms with E-state index in [4.69, 9.17) is 11.6 Å². The molecule has 0 aliphatic rings. The summed E-state index contributed by atoms with van der Waals surface area (Å²) in [5, 5.41) is 6.19. The molecule has 1 aromatic heterocycles. The number of hydrogen-bond donors (Lipinski definition) is 2. The molecule has 0 atom stereocenters. The van der Waals surface area contributed by atoms with E-state index in [-0.39, 0.29) is 11.6 Å². The quantitative estimate of drug-likeness (QED) is 0.613. The van der Waals surface area contributed by atoms with E-state index in [9.17, 15) is 13.2 Å². The van der Waals surface area contributed by atoms with Gasteiger partial charge < -0.3 is 10.6 Å². The summed E-state index contributed by atoms with van der Waals surface area (Å²) in [6.07, 6.45) is 1.44. The van der Waals surface area contributed by atoms with Gasteiger partial charge in [0, 0.05) is 16.9 Å². The Bertz CT molecular complexity index is 934. The van der Waals surface area contributed by atoms with Crippen molar-refractivity contribution in [2.24, 2.45) is 0 Å². The summed E-state index contributed by atoms with van der Waals surface area (Å²) in [6.45, 7) is 1.85. The molecule has 0 amide bonds. The van der Waals surface area contributed by atoms with Crippen molar-refractivity contribution in [2.75, 3.05) is 10.6 Å². The van der Waals surface area contributed by atoms with Crippen molar-refractivity contribution >= 4 is 34.7 Å². The Balaban J connectivity index is 1.85. The Morgan fingerprint density at radius 1 is 0.920 bits per heavy atom. The van der Waals surface area contributed by atoms with Crippen LogP contribution in [0.2, 0.25) is 5.02 Å². The van der Waals surface area contributed by atoms with E-state index in [1.54, 1.807) is 18.2 Å². The summed E-state index contributed by atoms with van der Waals surface area (Å²) in [4.78, 5) is 8.11. The third kappa shape index (κ3) is 3.66. The molecule has 4 nitrogen and oxygen atoms in total. The van der Waals surface area contributed by atoms with Crippen LogP contribution in [0.3, 0.4) is 0 Å². The zero-order valence-corrected chi connectivity index (χ0v) is 13.7. The number of benzene rings is 2. The second kappa shape index (κ2) is 6.98. The third-order valence-corrected chi connectivity index (χ3v) is 3.88. The molecule has 0 aliphatic heterocycles. The molecule has 128 valence electrons. The molecule has 2 N–H and O–H groups in total. The van der Waals surface area contributed by atoms with Gasteiger partial charge in [0.1, 0.15) is 5.82 Å². The predicted octanol–water partition coefficient (Wildman–Crippen LogP) is 5.34. The highest BCUT2D eigenvalue weighted by Crippen LogP contribution is 2.26. The fourth-order valence-corrected chi connectivity index (χ4v) is 2.29. The first-order valence-electron chi connectivity index (χ1n) is 7.21. The third-order valence-electron chi connectivity index (χ3n) is 3.47. The highest BCUT2D eigenvalue weighted by Gasteiger charge is 2.14. The zero-order valence-electron chi connectivity index (χ0n) is 12.9. The van der Waals surface area contributed by atoms with Crippen molar-refractivity contribution in [3.8, 4) is 0 Å². The first kappa shape index (κ1) is 17.0. The predicted molar refractivity (Wildman–Crippen MR) is 91.1 cm³/mol. The SMILES string of the molecule is Cc1c(Cl)cccc1Nc1ccnc(Nc2ccc(F)c(F)c2F)n1. The van der Waals surface area contributed by atoms with Crippen molar-refractivity contribution in [3.63, 3.8) is 0 Å². The van der Waals surface area contributed by atoms with Crippen LogP contribution in [-0.4, -0.2) is 9.97 Å². The summed E-state index contributed by atoms with van der Waals surface area (Å²) in [6, 6.07) is 8.87. The lowest BCUT2D eigenvalue weighted by atomic mass is 10.2. The Morgan fingerprint density at radius 2 is 1.72 bits per heavy atom. The van der Waals surface area contributed by atoms with Gasteiger partial charge >= 0.3 is 0 Å². The van der Waals surface area contributed by atoms with Crippen LogP contribution in [0, 0.1) is 24.4 Å². The zero-order chi connectivity index (χ0) is 18.0. The minimum atomic E-state index is -1.56. The normalized spacial score (nSPS) is 10.6. The van der Waals surface area contributed by atoms with Crippen LogP contribution in [0.5, 0.6) is 0 Å².